The van der Waals surface area contributed by atoms with E-state index >= 15 is 0 Å². The number of alkyl halides is 3. The molecule has 1 aromatic heterocycles. The van der Waals surface area contributed by atoms with E-state index in [9.17, 15) is 13.2 Å². The minimum atomic E-state index is -4.14. The molecule has 1 aliphatic heterocycles. The van der Waals surface area contributed by atoms with Crippen molar-refractivity contribution in [3.05, 3.63) is 16.2 Å². The number of hydrogen-bond donors (Lipinski definition) is 1. The van der Waals surface area contributed by atoms with E-state index < -0.39 is 12.1 Å². The highest BCUT2D eigenvalue weighted by Gasteiger charge is 2.42. The van der Waals surface area contributed by atoms with Gasteiger partial charge in [-0.15, -0.1) is 0 Å². The van der Waals surface area contributed by atoms with Crippen LogP contribution in [0.25, 0.3) is 0 Å². The van der Waals surface area contributed by atoms with E-state index in [1.165, 1.54) is 6.20 Å². The lowest BCUT2D eigenvalue weighted by Gasteiger charge is -2.35. The monoisotopic (exact) mass is 337 g/mol. The normalized spacial score (nSPS) is 20.7. The van der Waals surface area contributed by atoms with Crippen LogP contribution < -0.4 is 10.6 Å². The number of piperidine rings is 1. The highest BCUT2D eigenvalue weighted by atomic mass is 79.9. The van der Waals surface area contributed by atoms with Gasteiger partial charge < -0.3 is 10.6 Å². The molecule has 0 bridgehead atoms. The largest absolute Gasteiger partial charge is 0.397 e. The van der Waals surface area contributed by atoms with Crippen molar-refractivity contribution in [1.82, 2.24) is 4.98 Å². The van der Waals surface area contributed by atoms with Crippen LogP contribution in [-0.4, -0.2) is 24.2 Å². The molecule has 2 heterocycles. The lowest BCUT2D eigenvalue weighted by Crippen LogP contribution is -2.42. The fraction of sp³-hybridized carbons (Fsp3) is 0.583. The van der Waals surface area contributed by atoms with Crippen molar-refractivity contribution < 1.29 is 13.2 Å². The lowest BCUT2D eigenvalue weighted by molar-refractivity contribution is -0.176. The highest BCUT2D eigenvalue weighted by Crippen LogP contribution is 2.37. The number of hydrogen-bond acceptors (Lipinski definition) is 3. The summed E-state index contributed by atoms with van der Waals surface area (Å²) in [6, 6.07) is 0. The summed E-state index contributed by atoms with van der Waals surface area (Å²) >= 11 is 3.37. The number of nitrogen functional groups attached to an aromatic ring is 1. The van der Waals surface area contributed by atoms with Crippen molar-refractivity contribution in [2.45, 2.75) is 25.9 Å². The molecule has 0 radical (unpaired) electrons. The quantitative estimate of drug-likeness (QED) is 0.852. The predicted molar refractivity (Wildman–Crippen MR) is 72.1 cm³/mol. The third-order valence-corrected chi connectivity index (χ3v) is 4.42. The molecule has 0 aliphatic carbocycles. The van der Waals surface area contributed by atoms with Gasteiger partial charge in [-0.3, -0.25) is 0 Å². The van der Waals surface area contributed by atoms with Gasteiger partial charge >= 0.3 is 6.18 Å². The Balaban J connectivity index is 2.25. The van der Waals surface area contributed by atoms with Gasteiger partial charge in [0.25, 0.3) is 0 Å². The molecule has 1 aromatic rings. The molecule has 7 heteroatoms. The molecule has 2 rings (SSSR count). The second-order valence-electron chi connectivity index (χ2n) is 4.80. The minimum absolute atomic E-state index is 0.0432. The number of aromatic nitrogens is 1. The van der Waals surface area contributed by atoms with Gasteiger partial charge in [-0.25, -0.2) is 4.98 Å². The highest BCUT2D eigenvalue weighted by molar-refractivity contribution is 9.10. The van der Waals surface area contributed by atoms with Gasteiger partial charge in [-0.05, 0) is 41.3 Å². The maximum absolute atomic E-state index is 12.8. The average Bonchev–Trinajstić information content (AvgIpc) is 2.35. The van der Waals surface area contributed by atoms with Crippen molar-refractivity contribution in [3.63, 3.8) is 0 Å². The van der Waals surface area contributed by atoms with Crippen molar-refractivity contribution in [1.29, 1.82) is 0 Å². The number of rotatable bonds is 1. The van der Waals surface area contributed by atoms with Gasteiger partial charge in [-0.2, -0.15) is 13.2 Å². The van der Waals surface area contributed by atoms with E-state index in [4.69, 9.17) is 5.73 Å². The summed E-state index contributed by atoms with van der Waals surface area (Å²) in [5, 5.41) is 0. The topological polar surface area (TPSA) is 42.1 Å². The fourth-order valence-corrected chi connectivity index (χ4v) is 2.82. The molecule has 1 fully saturated rings. The molecule has 19 heavy (non-hydrogen) atoms. The smallest absolute Gasteiger partial charge is 0.393 e. The van der Waals surface area contributed by atoms with Gasteiger partial charge in [0, 0.05) is 13.1 Å². The Labute approximate surface area is 118 Å². The van der Waals surface area contributed by atoms with Crippen LogP contribution in [-0.2, 0) is 0 Å². The van der Waals surface area contributed by atoms with E-state index in [1.54, 1.807) is 4.90 Å². The molecule has 1 atom stereocenters. The maximum atomic E-state index is 12.8. The molecular formula is C12H15BrF3N3. The van der Waals surface area contributed by atoms with Crippen LogP contribution in [0.4, 0.5) is 24.7 Å². The summed E-state index contributed by atoms with van der Waals surface area (Å²) in [5.41, 5.74) is 7.06. The summed E-state index contributed by atoms with van der Waals surface area (Å²) in [5.74, 6) is -0.742. The molecule has 2 N–H and O–H groups in total. The zero-order chi connectivity index (χ0) is 14.2. The van der Waals surface area contributed by atoms with Gasteiger partial charge in [0.2, 0.25) is 0 Å². The summed E-state index contributed by atoms with van der Waals surface area (Å²) in [6.45, 7) is 2.36. The number of halogens is 4. The minimum Gasteiger partial charge on any atom is -0.397 e. The summed E-state index contributed by atoms with van der Waals surface area (Å²) in [7, 11) is 0. The van der Waals surface area contributed by atoms with Crippen LogP contribution >= 0.6 is 15.9 Å². The van der Waals surface area contributed by atoms with Gasteiger partial charge in [0.05, 0.1) is 22.3 Å². The van der Waals surface area contributed by atoms with Crippen LogP contribution in [0.5, 0.6) is 0 Å². The van der Waals surface area contributed by atoms with Crippen LogP contribution in [0, 0.1) is 12.8 Å². The van der Waals surface area contributed by atoms with Crippen molar-refractivity contribution in [2.75, 3.05) is 23.7 Å². The van der Waals surface area contributed by atoms with Crippen LogP contribution in [0.1, 0.15) is 18.4 Å². The first-order valence-electron chi connectivity index (χ1n) is 6.03. The molecule has 1 saturated heterocycles. The van der Waals surface area contributed by atoms with Gasteiger partial charge in [0.1, 0.15) is 5.82 Å². The van der Waals surface area contributed by atoms with E-state index in [0.29, 0.717) is 28.9 Å². The Morgan fingerprint density at radius 3 is 2.79 bits per heavy atom. The summed E-state index contributed by atoms with van der Waals surface area (Å²) in [4.78, 5) is 5.84. The Morgan fingerprint density at radius 1 is 1.47 bits per heavy atom. The van der Waals surface area contributed by atoms with Gasteiger partial charge in [0.15, 0.2) is 0 Å². The zero-order valence-electron chi connectivity index (χ0n) is 10.5. The zero-order valence-corrected chi connectivity index (χ0v) is 12.1. The Morgan fingerprint density at radius 2 is 2.16 bits per heavy atom. The first kappa shape index (κ1) is 14.4. The third-order valence-electron chi connectivity index (χ3n) is 3.47. The lowest BCUT2D eigenvalue weighted by atomic mass is 9.97. The Bertz CT molecular complexity index is 476. The summed E-state index contributed by atoms with van der Waals surface area (Å²) < 4.78 is 39.1. The Kier molecular flexibility index (Phi) is 3.94. The van der Waals surface area contributed by atoms with Crippen molar-refractivity contribution in [3.8, 4) is 0 Å². The second kappa shape index (κ2) is 5.19. The van der Waals surface area contributed by atoms with Crippen molar-refractivity contribution >= 4 is 27.4 Å². The van der Waals surface area contributed by atoms with Crippen LogP contribution in [0.15, 0.2) is 10.7 Å². The number of nitrogens with two attached hydrogens (primary N) is 1. The molecule has 1 aliphatic rings. The molecule has 1 unspecified atom stereocenters. The maximum Gasteiger partial charge on any atom is 0.393 e. The van der Waals surface area contributed by atoms with Crippen LogP contribution in [0.2, 0.25) is 0 Å². The molecule has 0 spiro atoms. The van der Waals surface area contributed by atoms with E-state index in [2.05, 4.69) is 20.9 Å². The molecule has 0 saturated carbocycles. The van der Waals surface area contributed by atoms with E-state index in [-0.39, 0.29) is 13.0 Å². The van der Waals surface area contributed by atoms with Gasteiger partial charge in [-0.1, -0.05) is 0 Å². The Hall–Kier alpha value is -0.980. The van der Waals surface area contributed by atoms with Crippen molar-refractivity contribution in [2.24, 2.45) is 5.92 Å². The molecular weight excluding hydrogens is 323 g/mol. The first-order valence-corrected chi connectivity index (χ1v) is 6.82. The molecule has 3 nitrogen and oxygen atoms in total. The SMILES string of the molecule is Cc1c(N)cnc(N2CCCC(C(F)(F)F)C2)c1Br. The molecule has 0 amide bonds. The number of anilines is 2. The van der Waals surface area contributed by atoms with E-state index in [1.807, 2.05) is 6.92 Å². The molecule has 0 aromatic carbocycles. The number of pyridine rings is 1. The predicted octanol–water partition coefficient (Wildman–Crippen LogP) is 3.51. The molecule has 106 valence electrons. The number of nitrogens with zero attached hydrogens (tertiary/aromatic N) is 2. The van der Waals surface area contributed by atoms with Crippen LogP contribution in [0.3, 0.4) is 0 Å². The van der Waals surface area contributed by atoms with E-state index in [0.717, 1.165) is 5.56 Å². The average molecular weight is 338 g/mol. The second-order valence-corrected chi connectivity index (χ2v) is 5.60. The first-order chi connectivity index (χ1) is 8.80. The standard InChI is InChI=1S/C12H15BrF3N3/c1-7-9(17)5-18-11(10(7)13)19-4-2-3-8(6-19)12(14,15)16/h5,8H,2-4,6,17H2,1H3. The fourth-order valence-electron chi connectivity index (χ4n) is 2.24. The summed E-state index contributed by atoms with van der Waals surface area (Å²) in [6.07, 6.45) is -1.95. The third kappa shape index (κ3) is 2.96.